The molecule has 1 spiro atoms. The van der Waals surface area contributed by atoms with E-state index in [0.717, 1.165) is 48.0 Å². The topological polar surface area (TPSA) is 99.8 Å². The molecule has 1 aliphatic carbocycles. The Morgan fingerprint density at radius 2 is 1.82 bits per heavy atom. The number of ketones is 1. The molecule has 7 heteroatoms. The molecule has 0 unspecified atom stereocenters. The van der Waals surface area contributed by atoms with E-state index in [2.05, 4.69) is 31.7 Å². The van der Waals surface area contributed by atoms with Gasteiger partial charge < -0.3 is 15.6 Å². The zero-order valence-corrected chi connectivity index (χ0v) is 18.0. The maximum atomic E-state index is 12.7. The monoisotopic (exact) mass is 437 g/mol. The van der Waals surface area contributed by atoms with Gasteiger partial charge in [0.1, 0.15) is 11.5 Å². The molecule has 1 amide bonds. The van der Waals surface area contributed by atoms with Crippen molar-refractivity contribution in [3.8, 4) is 11.1 Å². The molecule has 4 heterocycles. The fourth-order valence-electron chi connectivity index (χ4n) is 5.25. The van der Waals surface area contributed by atoms with Gasteiger partial charge in [0.15, 0.2) is 5.78 Å². The summed E-state index contributed by atoms with van der Waals surface area (Å²) in [6, 6.07) is 13.3. The van der Waals surface area contributed by atoms with Gasteiger partial charge in [0.05, 0.1) is 0 Å². The molecular weight excluding hydrogens is 414 g/mol. The predicted octanol–water partition coefficient (Wildman–Crippen LogP) is 4.08. The molecule has 2 aliphatic rings. The zero-order valence-electron chi connectivity index (χ0n) is 18.0. The summed E-state index contributed by atoms with van der Waals surface area (Å²) in [6.45, 7) is 1.89. The van der Waals surface area contributed by atoms with Crippen LogP contribution in [0.2, 0.25) is 0 Å². The molecule has 1 fully saturated rings. The van der Waals surface area contributed by atoms with Gasteiger partial charge in [0.2, 0.25) is 0 Å². The molecule has 1 aliphatic heterocycles. The second-order valence-corrected chi connectivity index (χ2v) is 8.88. The second kappa shape index (κ2) is 7.64. The van der Waals surface area contributed by atoms with Gasteiger partial charge in [-0.05, 0) is 67.4 Å². The lowest BCUT2D eigenvalue weighted by molar-refractivity contribution is 0.0963. The lowest BCUT2D eigenvalue weighted by Crippen LogP contribution is -2.38. The molecule has 7 nitrogen and oxygen atoms in total. The van der Waals surface area contributed by atoms with Crippen LogP contribution >= 0.6 is 0 Å². The van der Waals surface area contributed by atoms with Crippen LogP contribution in [0.25, 0.3) is 22.2 Å². The van der Waals surface area contributed by atoms with Crippen LogP contribution in [-0.2, 0) is 5.41 Å². The van der Waals surface area contributed by atoms with Crippen LogP contribution in [0.4, 0.5) is 5.82 Å². The van der Waals surface area contributed by atoms with E-state index in [0.29, 0.717) is 23.4 Å². The first-order valence-corrected chi connectivity index (χ1v) is 11.2. The van der Waals surface area contributed by atoms with E-state index in [4.69, 9.17) is 0 Å². The molecule has 0 radical (unpaired) electrons. The van der Waals surface area contributed by atoms with E-state index in [9.17, 15) is 9.59 Å². The van der Waals surface area contributed by atoms with Crippen molar-refractivity contribution in [2.75, 3.05) is 18.4 Å². The summed E-state index contributed by atoms with van der Waals surface area (Å²) in [5.41, 5.74) is 5.36. The minimum absolute atomic E-state index is 0.0392. The standard InChI is InChI=1S/C26H23N5O2/c32-22-14-26(7-11-28-12-8-26)21-13-17(1-2-19(21)22)20-15-29-24-18(20)3-4-23(30-24)31-25(33)16-5-9-27-10-6-16/h1-6,9-10,13,15,28H,7-8,11-12,14H2,(H2,29,30,31,33). The highest BCUT2D eigenvalue weighted by Gasteiger charge is 2.43. The molecule has 1 saturated heterocycles. The number of amides is 1. The van der Waals surface area contributed by atoms with Gasteiger partial charge >= 0.3 is 0 Å². The van der Waals surface area contributed by atoms with Gasteiger partial charge in [0, 0.05) is 52.5 Å². The van der Waals surface area contributed by atoms with E-state index >= 15 is 0 Å². The number of nitrogens with one attached hydrogen (secondary N) is 3. The average Bonchev–Trinajstić information content (AvgIpc) is 3.38. The number of aromatic nitrogens is 3. The van der Waals surface area contributed by atoms with Crippen molar-refractivity contribution in [1.29, 1.82) is 0 Å². The third-order valence-corrected chi connectivity index (χ3v) is 6.98. The van der Waals surface area contributed by atoms with Gasteiger partial charge in [-0.2, -0.15) is 0 Å². The fourth-order valence-corrected chi connectivity index (χ4v) is 5.25. The molecule has 33 heavy (non-hydrogen) atoms. The number of H-pyrrole nitrogens is 1. The molecule has 164 valence electrons. The van der Waals surface area contributed by atoms with Crippen LogP contribution in [0, 0.1) is 0 Å². The normalized spacial score (nSPS) is 16.8. The summed E-state index contributed by atoms with van der Waals surface area (Å²) in [7, 11) is 0. The Labute approximate surface area is 190 Å². The number of rotatable bonds is 3. The summed E-state index contributed by atoms with van der Waals surface area (Å²) in [5, 5.41) is 7.23. The van der Waals surface area contributed by atoms with Crippen LogP contribution in [0.1, 0.15) is 45.5 Å². The van der Waals surface area contributed by atoms with Gasteiger partial charge in [-0.15, -0.1) is 0 Å². The van der Waals surface area contributed by atoms with Crippen LogP contribution in [0.15, 0.2) is 61.1 Å². The van der Waals surface area contributed by atoms with Crippen molar-refractivity contribution < 1.29 is 9.59 Å². The van der Waals surface area contributed by atoms with E-state index in [1.807, 2.05) is 30.5 Å². The maximum Gasteiger partial charge on any atom is 0.256 e. The lowest BCUT2D eigenvalue weighted by Gasteiger charge is -2.34. The number of carbonyl (C=O) groups excluding carboxylic acids is 2. The van der Waals surface area contributed by atoms with Gasteiger partial charge in [-0.1, -0.05) is 12.1 Å². The first kappa shape index (κ1) is 19.8. The first-order valence-electron chi connectivity index (χ1n) is 11.2. The Balaban J connectivity index is 1.33. The SMILES string of the molecule is O=C(Nc1ccc2c(-c3ccc4c(c3)C3(CCNCC3)CC4=O)c[nH]c2n1)c1ccncc1. The van der Waals surface area contributed by atoms with Crippen LogP contribution in [-0.4, -0.2) is 39.7 Å². The quantitative estimate of drug-likeness (QED) is 0.448. The van der Waals surface area contributed by atoms with Crippen molar-refractivity contribution >= 4 is 28.5 Å². The molecule has 3 N–H and O–H groups in total. The number of benzene rings is 1. The first-order chi connectivity index (χ1) is 16.1. The number of hydrogen-bond donors (Lipinski definition) is 3. The number of fused-ring (bicyclic) bond motifs is 3. The number of piperidine rings is 1. The molecule has 0 bridgehead atoms. The van der Waals surface area contributed by atoms with Crippen molar-refractivity contribution in [1.82, 2.24) is 20.3 Å². The van der Waals surface area contributed by atoms with E-state index in [1.54, 1.807) is 24.5 Å². The Morgan fingerprint density at radius 1 is 1.00 bits per heavy atom. The largest absolute Gasteiger partial charge is 0.345 e. The van der Waals surface area contributed by atoms with E-state index in [-0.39, 0.29) is 17.1 Å². The zero-order chi connectivity index (χ0) is 22.4. The van der Waals surface area contributed by atoms with Crippen LogP contribution in [0.5, 0.6) is 0 Å². The van der Waals surface area contributed by atoms with Crippen molar-refractivity contribution in [2.24, 2.45) is 0 Å². The van der Waals surface area contributed by atoms with Crippen molar-refractivity contribution in [3.63, 3.8) is 0 Å². The van der Waals surface area contributed by atoms with Crippen LogP contribution in [0.3, 0.4) is 0 Å². The number of carbonyl (C=O) groups is 2. The molecule has 6 rings (SSSR count). The Hall–Kier alpha value is -3.84. The minimum atomic E-state index is -0.230. The summed E-state index contributed by atoms with van der Waals surface area (Å²) in [6.07, 6.45) is 7.71. The highest BCUT2D eigenvalue weighted by atomic mass is 16.1. The van der Waals surface area contributed by atoms with E-state index in [1.165, 1.54) is 5.56 Å². The molecule has 3 aromatic heterocycles. The second-order valence-electron chi connectivity index (χ2n) is 8.88. The summed E-state index contributed by atoms with van der Waals surface area (Å²) in [4.78, 5) is 36.9. The number of nitrogens with zero attached hydrogens (tertiary/aromatic N) is 2. The molecular formula is C26H23N5O2. The summed E-state index contributed by atoms with van der Waals surface area (Å²) < 4.78 is 0. The lowest BCUT2D eigenvalue weighted by atomic mass is 9.74. The highest BCUT2D eigenvalue weighted by Crippen LogP contribution is 2.46. The number of anilines is 1. The number of pyridine rings is 2. The number of Topliss-reactive ketones (excluding diaryl/α,β-unsaturated/α-hetero) is 1. The van der Waals surface area contributed by atoms with Crippen LogP contribution < -0.4 is 10.6 Å². The average molecular weight is 438 g/mol. The van der Waals surface area contributed by atoms with Gasteiger partial charge in [-0.25, -0.2) is 4.98 Å². The molecule has 0 saturated carbocycles. The Bertz CT molecular complexity index is 1390. The smallest absolute Gasteiger partial charge is 0.256 e. The Morgan fingerprint density at radius 3 is 2.64 bits per heavy atom. The highest BCUT2D eigenvalue weighted by molar-refractivity contribution is 6.05. The predicted molar refractivity (Wildman–Crippen MR) is 126 cm³/mol. The van der Waals surface area contributed by atoms with Crippen molar-refractivity contribution in [3.05, 3.63) is 77.7 Å². The van der Waals surface area contributed by atoms with Gasteiger partial charge in [-0.3, -0.25) is 14.6 Å². The third kappa shape index (κ3) is 3.32. The van der Waals surface area contributed by atoms with Crippen molar-refractivity contribution in [2.45, 2.75) is 24.7 Å². The summed E-state index contributed by atoms with van der Waals surface area (Å²) in [5.74, 6) is 0.506. The molecule has 4 aromatic rings. The molecule has 0 atom stereocenters. The number of aromatic amines is 1. The summed E-state index contributed by atoms with van der Waals surface area (Å²) >= 11 is 0. The minimum Gasteiger partial charge on any atom is -0.345 e. The fraction of sp³-hybridized carbons (Fsp3) is 0.231. The third-order valence-electron chi connectivity index (χ3n) is 6.98. The maximum absolute atomic E-state index is 12.7. The Kier molecular flexibility index (Phi) is 4.58. The van der Waals surface area contributed by atoms with Gasteiger partial charge in [0.25, 0.3) is 5.91 Å². The number of hydrogen-bond acceptors (Lipinski definition) is 5. The van der Waals surface area contributed by atoms with E-state index < -0.39 is 0 Å². The molecule has 1 aromatic carbocycles.